The summed E-state index contributed by atoms with van der Waals surface area (Å²) in [5, 5.41) is 0. The molecule has 0 amide bonds. The lowest BCUT2D eigenvalue weighted by Crippen LogP contribution is -2.48. The van der Waals surface area contributed by atoms with Crippen LogP contribution in [0.2, 0.25) is 0 Å². The van der Waals surface area contributed by atoms with Crippen LogP contribution in [0.5, 0.6) is 0 Å². The molecule has 2 saturated carbocycles. The number of carbonyl (C=O) groups excluding carboxylic acids is 1. The van der Waals surface area contributed by atoms with Crippen LogP contribution >= 0.6 is 0 Å². The van der Waals surface area contributed by atoms with Crippen molar-refractivity contribution in [1.29, 1.82) is 0 Å². The summed E-state index contributed by atoms with van der Waals surface area (Å²) in [5.74, 6) is 2.83. The fourth-order valence-electron chi connectivity index (χ4n) is 5.36. The van der Waals surface area contributed by atoms with Crippen LogP contribution in [-0.4, -0.2) is 12.1 Å². The Kier molecular flexibility index (Phi) is 2.01. The third-order valence-electron chi connectivity index (χ3n) is 5.75. The van der Waals surface area contributed by atoms with Crippen LogP contribution in [0.1, 0.15) is 40.5 Å². The van der Waals surface area contributed by atoms with Gasteiger partial charge in [0.2, 0.25) is 0 Å². The van der Waals surface area contributed by atoms with E-state index in [0.717, 1.165) is 12.3 Å². The van der Waals surface area contributed by atoms with Gasteiger partial charge in [-0.25, -0.2) is 0 Å². The molecule has 4 atom stereocenters. The van der Waals surface area contributed by atoms with E-state index in [2.05, 4.69) is 27.7 Å². The first-order valence-electron chi connectivity index (χ1n) is 6.70. The topological polar surface area (TPSA) is 26.3 Å². The SMILES string of the molecule is CC(C)C1(C(C)C)C2CC3C(=O)OC1C3C2. The molecule has 2 aliphatic carbocycles. The lowest BCUT2D eigenvalue weighted by atomic mass is 9.58. The molecule has 0 N–H and O–H groups in total. The average Bonchev–Trinajstić information content (AvgIpc) is 2.76. The third-order valence-corrected chi connectivity index (χ3v) is 5.75. The Balaban J connectivity index is 2.06. The Morgan fingerprint density at radius 2 is 1.81 bits per heavy atom. The first-order chi connectivity index (χ1) is 7.49. The van der Waals surface area contributed by atoms with Crippen LogP contribution in [0.4, 0.5) is 0 Å². The van der Waals surface area contributed by atoms with E-state index in [1.165, 1.54) is 6.42 Å². The van der Waals surface area contributed by atoms with Crippen LogP contribution < -0.4 is 0 Å². The number of ether oxygens (including phenoxy) is 1. The monoisotopic (exact) mass is 222 g/mol. The van der Waals surface area contributed by atoms with E-state index in [1.807, 2.05) is 0 Å². The lowest BCUT2D eigenvalue weighted by molar-refractivity contribution is -0.150. The Hall–Kier alpha value is -0.530. The molecule has 2 bridgehead atoms. The minimum Gasteiger partial charge on any atom is -0.461 e. The second kappa shape index (κ2) is 3.02. The van der Waals surface area contributed by atoms with Gasteiger partial charge >= 0.3 is 5.97 Å². The highest BCUT2D eigenvalue weighted by Crippen LogP contribution is 2.68. The van der Waals surface area contributed by atoms with Crippen LogP contribution in [0.3, 0.4) is 0 Å². The smallest absolute Gasteiger partial charge is 0.309 e. The molecular weight excluding hydrogens is 200 g/mol. The van der Waals surface area contributed by atoms with Gasteiger partial charge in [0.1, 0.15) is 6.10 Å². The van der Waals surface area contributed by atoms with E-state index in [1.54, 1.807) is 0 Å². The molecule has 1 aliphatic heterocycles. The average molecular weight is 222 g/mol. The maximum atomic E-state index is 11.8. The highest BCUT2D eigenvalue weighted by Gasteiger charge is 2.70. The van der Waals surface area contributed by atoms with Crippen molar-refractivity contribution in [2.75, 3.05) is 0 Å². The van der Waals surface area contributed by atoms with Gasteiger partial charge in [-0.2, -0.15) is 0 Å². The van der Waals surface area contributed by atoms with Gasteiger partial charge in [-0.3, -0.25) is 4.79 Å². The summed E-state index contributed by atoms with van der Waals surface area (Å²) in [5.41, 5.74) is 0.257. The van der Waals surface area contributed by atoms with Gasteiger partial charge in [-0.15, -0.1) is 0 Å². The zero-order valence-electron chi connectivity index (χ0n) is 10.7. The molecule has 3 rings (SSSR count). The minimum absolute atomic E-state index is 0.0978. The van der Waals surface area contributed by atoms with E-state index in [9.17, 15) is 4.79 Å². The molecule has 3 fully saturated rings. The first-order valence-corrected chi connectivity index (χ1v) is 6.70. The van der Waals surface area contributed by atoms with Crippen molar-refractivity contribution < 1.29 is 9.53 Å². The summed E-state index contributed by atoms with van der Waals surface area (Å²) in [6.07, 6.45) is 2.55. The summed E-state index contributed by atoms with van der Waals surface area (Å²) < 4.78 is 5.74. The number of hydrogen-bond acceptors (Lipinski definition) is 2. The molecular formula is C14H22O2. The molecule has 0 radical (unpaired) electrons. The zero-order chi connectivity index (χ0) is 11.7. The Labute approximate surface area is 97.7 Å². The summed E-state index contributed by atoms with van der Waals surface area (Å²) in [7, 11) is 0. The summed E-state index contributed by atoms with van der Waals surface area (Å²) >= 11 is 0. The Morgan fingerprint density at radius 3 is 2.38 bits per heavy atom. The molecule has 1 saturated heterocycles. The van der Waals surface area contributed by atoms with Gasteiger partial charge in [-0.05, 0) is 30.6 Å². The van der Waals surface area contributed by atoms with Crippen LogP contribution in [0.15, 0.2) is 0 Å². The summed E-state index contributed by atoms with van der Waals surface area (Å²) in [6, 6.07) is 0. The van der Waals surface area contributed by atoms with Crippen LogP contribution in [-0.2, 0) is 9.53 Å². The maximum absolute atomic E-state index is 11.8. The highest BCUT2D eigenvalue weighted by atomic mass is 16.6. The number of carbonyl (C=O) groups is 1. The van der Waals surface area contributed by atoms with Gasteiger partial charge in [-0.1, -0.05) is 27.7 Å². The number of esters is 1. The zero-order valence-corrected chi connectivity index (χ0v) is 10.7. The van der Waals surface area contributed by atoms with E-state index >= 15 is 0 Å². The predicted octanol–water partition coefficient (Wildman–Crippen LogP) is 2.87. The number of rotatable bonds is 2. The van der Waals surface area contributed by atoms with Gasteiger partial charge < -0.3 is 4.74 Å². The van der Waals surface area contributed by atoms with E-state index in [4.69, 9.17) is 4.74 Å². The lowest BCUT2D eigenvalue weighted by Gasteiger charge is -2.47. The van der Waals surface area contributed by atoms with Crippen LogP contribution in [0.25, 0.3) is 0 Å². The molecule has 90 valence electrons. The van der Waals surface area contributed by atoms with Crippen molar-refractivity contribution in [3.63, 3.8) is 0 Å². The fraction of sp³-hybridized carbons (Fsp3) is 0.929. The second-order valence-electron chi connectivity index (χ2n) is 6.61. The van der Waals surface area contributed by atoms with Crippen molar-refractivity contribution >= 4 is 5.97 Å². The normalized spacial score (nSPS) is 43.5. The molecule has 0 spiro atoms. The maximum Gasteiger partial charge on any atom is 0.309 e. The van der Waals surface area contributed by atoms with Crippen molar-refractivity contribution in [3.8, 4) is 0 Å². The van der Waals surface area contributed by atoms with E-state index in [-0.39, 0.29) is 23.4 Å². The molecule has 2 nitrogen and oxygen atoms in total. The molecule has 0 aromatic heterocycles. The first kappa shape index (κ1) is 10.6. The number of fused-ring (bicyclic) bond motifs is 1. The molecule has 16 heavy (non-hydrogen) atoms. The van der Waals surface area contributed by atoms with Crippen LogP contribution in [0, 0.1) is 35.0 Å². The van der Waals surface area contributed by atoms with E-state index < -0.39 is 0 Å². The van der Waals surface area contributed by atoms with Crippen molar-refractivity contribution in [1.82, 2.24) is 0 Å². The quantitative estimate of drug-likeness (QED) is 0.672. The van der Waals surface area contributed by atoms with Crippen molar-refractivity contribution in [2.24, 2.45) is 35.0 Å². The molecule has 0 aromatic rings. The third kappa shape index (κ3) is 0.930. The largest absolute Gasteiger partial charge is 0.461 e. The molecule has 2 heteroatoms. The minimum atomic E-state index is 0.0978. The predicted molar refractivity (Wildman–Crippen MR) is 61.7 cm³/mol. The van der Waals surface area contributed by atoms with Gasteiger partial charge in [0, 0.05) is 11.3 Å². The standard InChI is InChI=1S/C14H22O2/c1-7(2)14(8(3)4)9-5-10-11(6-9)13(15)16-12(10)14/h7-12H,5-6H2,1-4H3. The molecule has 0 aromatic carbocycles. The van der Waals surface area contributed by atoms with E-state index in [0.29, 0.717) is 17.8 Å². The highest BCUT2D eigenvalue weighted by molar-refractivity contribution is 5.76. The van der Waals surface area contributed by atoms with Gasteiger partial charge in [0.15, 0.2) is 0 Å². The van der Waals surface area contributed by atoms with Gasteiger partial charge in [0.25, 0.3) is 0 Å². The number of hydrogen-bond donors (Lipinski definition) is 0. The Morgan fingerprint density at radius 1 is 1.19 bits per heavy atom. The molecule has 1 heterocycles. The second-order valence-corrected chi connectivity index (χ2v) is 6.61. The van der Waals surface area contributed by atoms with Gasteiger partial charge in [0.05, 0.1) is 5.92 Å². The fourth-order valence-corrected chi connectivity index (χ4v) is 5.36. The van der Waals surface area contributed by atoms with Crippen molar-refractivity contribution in [3.05, 3.63) is 0 Å². The molecule has 4 unspecified atom stereocenters. The molecule has 3 aliphatic rings. The van der Waals surface area contributed by atoms with Crippen molar-refractivity contribution in [2.45, 2.75) is 46.6 Å². The summed E-state index contributed by atoms with van der Waals surface area (Å²) in [4.78, 5) is 11.8. The summed E-state index contributed by atoms with van der Waals surface area (Å²) in [6.45, 7) is 9.23. The Bertz CT molecular complexity index is 324.